The van der Waals surface area contributed by atoms with Gasteiger partial charge in [0.2, 0.25) is 0 Å². The molecule has 0 radical (unpaired) electrons. The van der Waals surface area contributed by atoms with Crippen LogP contribution in [0.1, 0.15) is 25.7 Å². The molecule has 2 heteroatoms. The highest BCUT2D eigenvalue weighted by atomic mass is 16.5. The molecule has 0 aliphatic heterocycles. The standard InChI is InChI=1S/C9H17NO/c1-11-9-4-6-2-8(10)3-7(6)5-9/h6-9H,2-5,10H2,1H3/t6-,7+,8?,9?. The Bertz CT molecular complexity index is 134. The molecule has 2 fully saturated rings. The molecule has 0 saturated heterocycles. The number of hydrogen-bond donors (Lipinski definition) is 1. The van der Waals surface area contributed by atoms with Crippen molar-refractivity contribution >= 4 is 0 Å². The number of rotatable bonds is 1. The second kappa shape index (κ2) is 2.76. The zero-order chi connectivity index (χ0) is 7.84. The van der Waals surface area contributed by atoms with E-state index in [9.17, 15) is 0 Å². The van der Waals surface area contributed by atoms with Crippen molar-refractivity contribution in [2.45, 2.75) is 37.8 Å². The molecule has 0 amide bonds. The van der Waals surface area contributed by atoms with Gasteiger partial charge in [-0.2, -0.15) is 0 Å². The molecule has 0 spiro atoms. The van der Waals surface area contributed by atoms with Crippen molar-refractivity contribution in [2.24, 2.45) is 17.6 Å². The molecule has 0 aromatic rings. The minimum absolute atomic E-state index is 0.489. The van der Waals surface area contributed by atoms with E-state index < -0.39 is 0 Å². The number of nitrogens with two attached hydrogens (primary N) is 1. The Labute approximate surface area is 68.1 Å². The summed E-state index contributed by atoms with van der Waals surface area (Å²) in [6.07, 6.45) is 5.54. The summed E-state index contributed by atoms with van der Waals surface area (Å²) in [7, 11) is 1.83. The van der Waals surface area contributed by atoms with Crippen molar-refractivity contribution in [1.29, 1.82) is 0 Å². The highest BCUT2D eigenvalue weighted by Crippen LogP contribution is 2.44. The lowest BCUT2D eigenvalue weighted by molar-refractivity contribution is 0.101. The number of ether oxygens (including phenoxy) is 1. The first kappa shape index (κ1) is 7.56. The summed E-state index contributed by atoms with van der Waals surface area (Å²) in [6.45, 7) is 0. The summed E-state index contributed by atoms with van der Waals surface area (Å²) in [5, 5.41) is 0. The molecule has 2 aliphatic carbocycles. The maximum Gasteiger partial charge on any atom is 0.0576 e. The molecule has 4 atom stereocenters. The summed E-state index contributed by atoms with van der Waals surface area (Å²) in [4.78, 5) is 0. The van der Waals surface area contributed by atoms with Crippen molar-refractivity contribution in [3.8, 4) is 0 Å². The van der Waals surface area contributed by atoms with Crippen molar-refractivity contribution < 1.29 is 4.74 Å². The van der Waals surface area contributed by atoms with Gasteiger partial charge in [0.1, 0.15) is 0 Å². The van der Waals surface area contributed by atoms with Gasteiger partial charge in [0, 0.05) is 13.2 Å². The third kappa shape index (κ3) is 1.30. The topological polar surface area (TPSA) is 35.2 Å². The lowest BCUT2D eigenvalue weighted by atomic mass is 10.0. The zero-order valence-electron chi connectivity index (χ0n) is 7.12. The van der Waals surface area contributed by atoms with Crippen LogP contribution in [0.2, 0.25) is 0 Å². The third-order valence-electron chi connectivity index (χ3n) is 3.34. The molecule has 2 saturated carbocycles. The lowest BCUT2D eigenvalue weighted by Gasteiger charge is -2.09. The molecule has 2 rings (SSSR count). The van der Waals surface area contributed by atoms with E-state index in [2.05, 4.69) is 0 Å². The van der Waals surface area contributed by atoms with Crippen LogP contribution in [0, 0.1) is 11.8 Å². The maximum absolute atomic E-state index is 5.87. The Morgan fingerprint density at radius 2 is 1.64 bits per heavy atom. The second-order valence-electron chi connectivity index (χ2n) is 4.08. The zero-order valence-corrected chi connectivity index (χ0v) is 7.12. The molecular formula is C9H17NO. The van der Waals surface area contributed by atoms with Crippen LogP contribution in [0.5, 0.6) is 0 Å². The van der Waals surface area contributed by atoms with Crippen molar-refractivity contribution in [2.75, 3.05) is 7.11 Å². The molecule has 0 heterocycles. The van der Waals surface area contributed by atoms with Gasteiger partial charge in [-0.05, 0) is 37.5 Å². The monoisotopic (exact) mass is 155 g/mol. The Morgan fingerprint density at radius 1 is 1.09 bits per heavy atom. The Kier molecular flexibility index (Phi) is 1.90. The van der Waals surface area contributed by atoms with Gasteiger partial charge in [0.25, 0.3) is 0 Å². The molecule has 2 aliphatic rings. The molecule has 11 heavy (non-hydrogen) atoms. The van der Waals surface area contributed by atoms with Crippen LogP contribution in [-0.2, 0) is 4.74 Å². The molecule has 0 aromatic carbocycles. The van der Waals surface area contributed by atoms with Crippen molar-refractivity contribution in [3.05, 3.63) is 0 Å². The van der Waals surface area contributed by atoms with Crippen LogP contribution in [0.4, 0.5) is 0 Å². The maximum atomic E-state index is 5.87. The molecule has 2 unspecified atom stereocenters. The summed E-state index contributed by atoms with van der Waals surface area (Å²) >= 11 is 0. The molecule has 0 bridgehead atoms. The Balaban J connectivity index is 1.93. The fourth-order valence-corrected chi connectivity index (χ4v) is 2.80. The van der Waals surface area contributed by atoms with E-state index in [0.29, 0.717) is 12.1 Å². The summed E-state index contributed by atoms with van der Waals surface area (Å²) in [6, 6.07) is 0.489. The van der Waals surface area contributed by atoms with Gasteiger partial charge < -0.3 is 10.5 Å². The molecule has 0 aromatic heterocycles. The van der Waals surface area contributed by atoms with Crippen LogP contribution in [0.25, 0.3) is 0 Å². The Morgan fingerprint density at radius 3 is 2.09 bits per heavy atom. The molecule has 2 nitrogen and oxygen atoms in total. The number of methoxy groups -OCH3 is 1. The van der Waals surface area contributed by atoms with E-state index in [4.69, 9.17) is 10.5 Å². The summed E-state index contributed by atoms with van der Waals surface area (Å²) in [5.41, 5.74) is 5.87. The van der Waals surface area contributed by atoms with Crippen LogP contribution >= 0.6 is 0 Å². The summed E-state index contributed by atoms with van der Waals surface area (Å²) in [5.74, 6) is 1.77. The van der Waals surface area contributed by atoms with Gasteiger partial charge in [-0.25, -0.2) is 0 Å². The van der Waals surface area contributed by atoms with Crippen LogP contribution in [-0.4, -0.2) is 19.3 Å². The van der Waals surface area contributed by atoms with E-state index in [1.165, 1.54) is 25.7 Å². The highest BCUT2D eigenvalue weighted by Gasteiger charge is 2.40. The predicted octanol–water partition coefficient (Wildman–Crippen LogP) is 1.15. The average Bonchev–Trinajstić information content (AvgIpc) is 2.43. The van der Waals surface area contributed by atoms with Crippen LogP contribution in [0.15, 0.2) is 0 Å². The minimum atomic E-state index is 0.489. The largest absolute Gasteiger partial charge is 0.381 e. The van der Waals surface area contributed by atoms with E-state index in [1.54, 1.807) is 0 Å². The van der Waals surface area contributed by atoms with E-state index >= 15 is 0 Å². The van der Waals surface area contributed by atoms with Gasteiger partial charge in [-0.3, -0.25) is 0 Å². The van der Waals surface area contributed by atoms with Gasteiger partial charge in [-0.1, -0.05) is 0 Å². The Hall–Kier alpha value is -0.0800. The van der Waals surface area contributed by atoms with Gasteiger partial charge >= 0.3 is 0 Å². The average molecular weight is 155 g/mol. The van der Waals surface area contributed by atoms with Crippen molar-refractivity contribution in [1.82, 2.24) is 0 Å². The fourth-order valence-electron chi connectivity index (χ4n) is 2.80. The van der Waals surface area contributed by atoms with E-state index in [1.807, 2.05) is 7.11 Å². The second-order valence-corrected chi connectivity index (χ2v) is 4.08. The van der Waals surface area contributed by atoms with Crippen LogP contribution < -0.4 is 5.73 Å². The SMILES string of the molecule is COC1C[C@H]2CC(N)C[C@H]2C1. The lowest BCUT2D eigenvalue weighted by Crippen LogP contribution is -2.17. The number of fused-ring (bicyclic) bond motifs is 1. The molecular weight excluding hydrogens is 138 g/mol. The van der Waals surface area contributed by atoms with E-state index in [0.717, 1.165) is 11.8 Å². The fraction of sp³-hybridized carbons (Fsp3) is 1.00. The first-order chi connectivity index (χ1) is 5.29. The molecule has 64 valence electrons. The quantitative estimate of drug-likeness (QED) is 0.616. The highest BCUT2D eigenvalue weighted by molar-refractivity contribution is 4.93. The van der Waals surface area contributed by atoms with Crippen LogP contribution in [0.3, 0.4) is 0 Å². The van der Waals surface area contributed by atoms with Gasteiger partial charge in [0.15, 0.2) is 0 Å². The minimum Gasteiger partial charge on any atom is -0.381 e. The van der Waals surface area contributed by atoms with Gasteiger partial charge in [-0.15, -0.1) is 0 Å². The third-order valence-corrected chi connectivity index (χ3v) is 3.34. The number of hydrogen-bond acceptors (Lipinski definition) is 2. The molecule has 2 N–H and O–H groups in total. The normalized spacial score (nSPS) is 49.6. The first-order valence-electron chi connectivity index (χ1n) is 4.58. The summed E-state index contributed by atoms with van der Waals surface area (Å²) < 4.78 is 5.34. The van der Waals surface area contributed by atoms with E-state index in [-0.39, 0.29) is 0 Å². The smallest absolute Gasteiger partial charge is 0.0576 e. The van der Waals surface area contributed by atoms with Crippen molar-refractivity contribution in [3.63, 3.8) is 0 Å². The predicted molar refractivity (Wildman–Crippen MR) is 44.2 cm³/mol. The first-order valence-corrected chi connectivity index (χ1v) is 4.58. The van der Waals surface area contributed by atoms with Gasteiger partial charge in [0.05, 0.1) is 6.10 Å².